The molecule has 0 spiro atoms. The molecule has 0 bridgehead atoms. The number of carbonyl (C=O) groups is 1. The number of nitrogens with zero attached hydrogens (tertiary/aromatic N) is 1. The van der Waals surface area contributed by atoms with Crippen molar-refractivity contribution < 1.29 is 9.53 Å². The second-order valence-corrected chi connectivity index (χ2v) is 4.45. The van der Waals surface area contributed by atoms with E-state index in [-0.39, 0.29) is 11.9 Å². The van der Waals surface area contributed by atoms with Crippen molar-refractivity contribution in [3.8, 4) is 0 Å². The van der Waals surface area contributed by atoms with Crippen LogP contribution in [0.25, 0.3) is 0 Å². The number of ether oxygens (including phenoxy) is 1. The van der Waals surface area contributed by atoms with Gasteiger partial charge in [0, 0.05) is 37.6 Å². The van der Waals surface area contributed by atoms with Crippen LogP contribution in [0.2, 0.25) is 0 Å². The van der Waals surface area contributed by atoms with Gasteiger partial charge in [-0.15, -0.1) is 0 Å². The normalized spacial score (nSPS) is 20.2. The van der Waals surface area contributed by atoms with Gasteiger partial charge in [0.15, 0.2) is 0 Å². The molecule has 5 nitrogen and oxygen atoms in total. The molecule has 98 valence electrons. The minimum Gasteiger partial charge on any atom is -0.381 e. The summed E-state index contributed by atoms with van der Waals surface area (Å²) < 4.78 is 5.37. The van der Waals surface area contributed by atoms with Crippen LogP contribution in [0.3, 0.4) is 0 Å². The summed E-state index contributed by atoms with van der Waals surface area (Å²) in [6.45, 7) is 1.85. The quantitative estimate of drug-likeness (QED) is 0.832. The summed E-state index contributed by atoms with van der Waals surface area (Å²) >= 11 is 0. The van der Waals surface area contributed by atoms with Crippen LogP contribution in [0.1, 0.15) is 35.3 Å². The largest absolute Gasteiger partial charge is 0.381 e. The molecule has 3 N–H and O–H groups in total. The summed E-state index contributed by atoms with van der Waals surface area (Å²) in [5, 5.41) is 3.04. The number of hydrogen-bond acceptors (Lipinski definition) is 4. The van der Waals surface area contributed by atoms with E-state index in [1.54, 1.807) is 18.3 Å². The maximum atomic E-state index is 12.1. The van der Waals surface area contributed by atoms with Gasteiger partial charge in [-0.25, -0.2) is 0 Å². The number of carbonyl (C=O) groups excluding carboxylic acids is 1. The van der Waals surface area contributed by atoms with Crippen molar-refractivity contribution >= 4 is 5.91 Å². The van der Waals surface area contributed by atoms with Gasteiger partial charge in [-0.2, -0.15) is 0 Å². The molecular weight excluding hydrogens is 230 g/mol. The smallest absolute Gasteiger partial charge is 0.251 e. The second-order valence-electron chi connectivity index (χ2n) is 4.45. The maximum absolute atomic E-state index is 12.1. The second kappa shape index (κ2) is 6.47. The highest BCUT2D eigenvalue weighted by molar-refractivity contribution is 5.94. The van der Waals surface area contributed by atoms with Gasteiger partial charge in [-0.3, -0.25) is 9.78 Å². The average Bonchev–Trinajstić information content (AvgIpc) is 2.67. The molecule has 0 radical (unpaired) electrons. The third-order valence-electron chi connectivity index (χ3n) is 3.08. The molecule has 2 rings (SSSR count). The lowest BCUT2D eigenvalue weighted by molar-refractivity contribution is 0.0929. The number of amides is 1. The number of nitrogens with one attached hydrogen (secondary N) is 1. The molecule has 1 aromatic rings. The first-order valence-electron chi connectivity index (χ1n) is 6.33. The number of nitrogens with two attached hydrogens (primary N) is 1. The topological polar surface area (TPSA) is 77.2 Å². The fraction of sp³-hybridized carbons (Fsp3) is 0.538. The molecule has 1 amide bonds. The van der Waals surface area contributed by atoms with Crippen LogP contribution >= 0.6 is 0 Å². The summed E-state index contributed by atoms with van der Waals surface area (Å²) in [7, 11) is 0. The Hall–Kier alpha value is -1.46. The molecule has 1 aliphatic heterocycles. The standard InChI is InChI=1S/C13H19N3O2/c14-9-12-8-10(3-5-15-12)13(17)16-11-2-1-6-18-7-4-11/h3,5,8,11H,1-2,4,6-7,9,14H2,(H,16,17). The van der Waals surface area contributed by atoms with Gasteiger partial charge in [0.25, 0.3) is 5.91 Å². The van der Waals surface area contributed by atoms with Gasteiger partial charge in [-0.05, 0) is 31.4 Å². The van der Waals surface area contributed by atoms with Gasteiger partial charge >= 0.3 is 0 Å². The number of aromatic nitrogens is 1. The Morgan fingerprint density at radius 1 is 1.50 bits per heavy atom. The molecule has 5 heteroatoms. The Balaban J connectivity index is 1.97. The highest BCUT2D eigenvalue weighted by Gasteiger charge is 2.16. The van der Waals surface area contributed by atoms with Crippen LogP contribution in [0.5, 0.6) is 0 Å². The molecule has 0 aromatic carbocycles. The monoisotopic (exact) mass is 249 g/mol. The van der Waals surface area contributed by atoms with Gasteiger partial charge in [0.1, 0.15) is 0 Å². The first-order chi connectivity index (χ1) is 8.79. The fourth-order valence-corrected chi connectivity index (χ4v) is 2.05. The van der Waals surface area contributed by atoms with Crippen LogP contribution in [0, 0.1) is 0 Å². The predicted molar refractivity (Wildman–Crippen MR) is 68.1 cm³/mol. The zero-order chi connectivity index (χ0) is 12.8. The summed E-state index contributed by atoms with van der Waals surface area (Å²) in [6.07, 6.45) is 4.46. The summed E-state index contributed by atoms with van der Waals surface area (Å²) in [5.41, 5.74) is 6.86. The molecule has 1 unspecified atom stereocenters. The maximum Gasteiger partial charge on any atom is 0.251 e. The lowest BCUT2D eigenvalue weighted by Gasteiger charge is -2.15. The summed E-state index contributed by atoms with van der Waals surface area (Å²) in [4.78, 5) is 16.1. The van der Waals surface area contributed by atoms with Gasteiger partial charge in [-0.1, -0.05) is 0 Å². The zero-order valence-electron chi connectivity index (χ0n) is 10.4. The van der Waals surface area contributed by atoms with E-state index in [0.29, 0.717) is 12.1 Å². The highest BCUT2D eigenvalue weighted by Crippen LogP contribution is 2.09. The van der Waals surface area contributed by atoms with Gasteiger partial charge < -0.3 is 15.8 Å². The minimum absolute atomic E-state index is 0.0565. The Labute approximate surface area is 107 Å². The molecule has 0 saturated carbocycles. The molecule has 0 aliphatic carbocycles. The lowest BCUT2D eigenvalue weighted by Crippen LogP contribution is -2.35. The molecule has 1 atom stereocenters. The van der Waals surface area contributed by atoms with Crippen molar-refractivity contribution in [3.05, 3.63) is 29.6 Å². The van der Waals surface area contributed by atoms with Crippen LogP contribution in [-0.4, -0.2) is 30.1 Å². The minimum atomic E-state index is -0.0565. The Bertz CT molecular complexity index is 401. The molecule has 2 heterocycles. The SMILES string of the molecule is NCc1cc(C(=O)NC2CCCOCC2)ccn1. The van der Waals surface area contributed by atoms with E-state index in [2.05, 4.69) is 10.3 Å². The first kappa shape index (κ1) is 13.0. The average molecular weight is 249 g/mol. The van der Waals surface area contributed by atoms with Crippen LogP contribution in [-0.2, 0) is 11.3 Å². The van der Waals surface area contributed by atoms with E-state index in [4.69, 9.17) is 10.5 Å². The summed E-state index contributed by atoms with van der Waals surface area (Å²) in [6, 6.07) is 3.65. The van der Waals surface area contributed by atoms with E-state index in [0.717, 1.165) is 38.2 Å². The zero-order valence-corrected chi connectivity index (χ0v) is 10.4. The van der Waals surface area contributed by atoms with E-state index in [1.165, 1.54) is 0 Å². The summed E-state index contributed by atoms with van der Waals surface area (Å²) in [5.74, 6) is -0.0565. The molecule has 18 heavy (non-hydrogen) atoms. The number of pyridine rings is 1. The van der Waals surface area contributed by atoms with Crippen LogP contribution in [0.15, 0.2) is 18.3 Å². The Kier molecular flexibility index (Phi) is 4.66. The molecule has 1 aliphatic rings. The molecule has 1 fully saturated rings. The van der Waals surface area contributed by atoms with E-state index in [9.17, 15) is 4.79 Å². The molecule has 1 saturated heterocycles. The van der Waals surface area contributed by atoms with Crippen molar-refractivity contribution in [1.29, 1.82) is 0 Å². The van der Waals surface area contributed by atoms with Crippen molar-refractivity contribution in [3.63, 3.8) is 0 Å². The van der Waals surface area contributed by atoms with Gasteiger partial charge in [0.05, 0.1) is 5.69 Å². The van der Waals surface area contributed by atoms with E-state index < -0.39 is 0 Å². The first-order valence-corrected chi connectivity index (χ1v) is 6.33. The van der Waals surface area contributed by atoms with Crippen molar-refractivity contribution in [2.45, 2.75) is 31.8 Å². The molecular formula is C13H19N3O2. The third kappa shape index (κ3) is 3.51. The number of hydrogen-bond donors (Lipinski definition) is 2. The van der Waals surface area contributed by atoms with Crippen molar-refractivity contribution in [1.82, 2.24) is 10.3 Å². The van der Waals surface area contributed by atoms with E-state index in [1.807, 2.05) is 0 Å². The Morgan fingerprint density at radius 3 is 3.22 bits per heavy atom. The lowest BCUT2D eigenvalue weighted by atomic mass is 10.1. The third-order valence-corrected chi connectivity index (χ3v) is 3.08. The highest BCUT2D eigenvalue weighted by atomic mass is 16.5. The van der Waals surface area contributed by atoms with E-state index >= 15 is 0 Å². The van der Waals surface area contributed by atoms with Crippen molar-refractivity contribution in [2.24, 2.45) is 5.73 Å². The van der Waals surface area contributed by atoms with Crippen molar-refractivity contribution in [2.75, 3.05) is 13.2 Å². The predicted octanol–water partition coefficient (Wildman–Crippen LogP) is 0.839. The molecule has 1 aromatic heterocycles. The Morgan fingerprint density at radius 2 is 2.39 bits per heavy atom. The van der Waals surface area contributed by atoms with Crippen LogP contribution in [0.4, 0.5) is 0 Å². The van der Waals surface area contributed by atoms with Crippen LogP contribution < -0.4 is 11.1 Å². The fourth-order valence-electron chi connectivity index (χ4n) is 2.05. The van der Waals surface area contributed by atoms with Gasteiger partial charge in [0.2, 0.25) is 0 Å². The number of rotatable bonds is 3.